The van der Waals surface area contributed by atoms with Crippen molar-refractivity contribution in [3.8, 4) is 0 Å². The minimum atomic E-state index is -4.88. The van der Waals surface area contributed by atoms with Gasteiger partial charge in [-0.1, -0.05) is 0 Å². The monoisotopic (exact) mass is 350 g/mol. The first-order chi connectivity index (χ1) is 7.29. The van der Waals surface area contributed by atoms with E-state index < -0.39 is 29.5 Å². The van der Waals surface area contributed by atoms with E-state index in [2.05, 4.69) is 0 Å². The predicted molar refractivity (Wildman–Crippen MR) is 53.8 cm³/mol. The van der Waals surface area contributed by atoms with Gasteiger partial charge in [0, 0.05) is 11.4 Å². The molecular formula is C7H3F4IN2O2. The topological polar surface area (TPSA) is 49.7 Å². The summed E-state index contributed by atoms with van der Waals surface area (Å²) in [6.45, 7) is 0. The Morgan fingerprint density at radius 3 is 2.50 bits per heavy atom. The lowest BCUT2D eigenvalue weighted by Crippen LogP contribution is -2.40. The Kier molecular flexibility index (Phi) is 3.65. The second-order valence-corrected chi connectivity index (χ2v) is 3.88. The van der Waals surface area contributed by atoms with Crippen molar-refractivity contribution in [1.82, 2.24) is 3.11 Å². The molecular weight excluding hydrogens is 347 g/mol. The van der Waals surface area contributed by atoms with E-state index in [4.69, 9.17) is 0 Å². The van der Waals surface area contributed by atoms with Gasteiger partial charge in [0.05, 0.1) is 28.4 Å². The number of rotatable bonds is 1. The van der Waals surface area contributed by atoms with Gasteiger partial charge in [-0.2, -0.15) is 13.2 Å². The average Bonchev–Trinajstić information content (AvgIpc) is 2.14. The van der Waals surface area contributed by atoms with Crippen molar-refractivity contribution >= 4 is 28.8 Å². The number of amides is 1. The molecule has 0 radical (unpaired) electrons. The minimum absolute atomic E-state index is 0.522. The van der Waals surface area contributed by atoms with Crippen LogP contribution in [0.1, 0.15) is 0 Å². The first-order valence-corrected chi connectivity index (χ1v) is 4.72. The standard InChI is InChI=1S/C7H3F4IN2O2/c8-4-3(6(15)13-16)1-2-14(12)5(4)7(9,10)11/h1-2,5H. The molecule has 0 bridgehead atoms. The Labute approximate surface area is 100 Å². The highest BCUT2D eigenvalue weighted by Crippen LogP contribution is 2.37. The van der Waals surface area contributed by atoms with Crippen molar-refractivity contribution in [2.24, 2.45) is 5.18 Å². The number of halogens is 5. The fourth-order valence-corrected chi connectivity index (χ4v) is 1.79. The molecule has 0 aromatic heterocycles. The van der Waals surface area contributed by atoms with Gasteiger partial charge in [-0.25, -0.2) is 4.39 Å². The third kappa shape index (κ3) is 2.39. The summed E-state index contributed by atoms with van der Waals surface area (Å²) in [5, 5.41) is 1.88. The van der Waals surface area contributed by atoms with Crippen molar-refractivity contribution in [1.29, 1.82) is 0 Å². The SMILES string of the molecule is O=NC(=O)C1=C(F)C(C(F)(F)F)N(I)C=C1. The van der Waals surface area contributed by atoms with Gasteiger partial charge >= 0.3 is 12.1 Å². The number of carbonyl (C=O) groups excluding carboxylic acids is 1. The summed E-state index contributed by atoms with van der Waals surface area (Å²) in [5.41, 5.74) is -0.967. The van der Waals surface area contributed by atoms with Crippen molar-refractivity contribution in [3.05, 3.63) is 28.6 Å². The molecule has 0 fully saturated rings. The molecule has 0 saturated carbocycles. The number of nitrogens with zero attached hydrogens (tertiary/aromatic N) is 2. The zero-order chi connectivity index (χ0) is 12.5. The zero-order valence-electron chi connectivity index (χ0n) is 7.33. The summed E-state index contributed by atoms with van der Waals surface area (Å²) in [5.74, 6) is -3.29. The normalized spacial score (nSPS) is 21.3. The molecule has 1 unspecified atom stereocenters. The highest BCUT2D eigenvalue weighted by molar-refractivity contribution is 14.1. The van der Waals surface area contributed by atoms with Gasteiger partial charge in [0.15, 0.2) is 6.04 Å². The Morgan fingerprint density at radius 2 is 2.06 bits per heavy atom. The maximum atomic E-state index is 13.3. The summed E-state index contributed by atoms with van der Waals surface area (Å²) < 4.78 is 51.1. The average molecular weight is 350 g/mol. The lowest BCUT2D eigenvalue weighted by molar-refractivity contribution is -0.158. The van der Waals surface area contributed by atoms with E-state index >= 15 is 0 Å². The summed E-state index contributed by atoms with van der Waals surface area (Å²) in [6, 6.07) is -2.57. The molecule has 16 heavy (non-hydrogen) atoms. The quantitative estimate of drug-likeness (QED) is 0.316. The molecule has 0 aromatic rings. The smallest absolute Gasteiger partial charge is 0.303 e. The van der Waals surface area contributed by atoms with E-state index in [0.29, 0.717) is 3.11 Å². The largest absolute Gasteiger partial charge is 0.416 e. The summed E-state index contributed by atoms with van der Waals surface area (Å²) in [4.78, 5) is 20.6. The van der Waals surface area contributed by atoms with Crippen molar-refractivity contribution in [2.45, 2.75) is 12.2 Å². The van der Waals surface area contributed by atoms with Gasteiger partial charge in [0.2, 0.25) is 0 Å². The van der Waals surface area contributed by atoms with Gasteiger partial charge in [-0.05, 0) is 6.08 Å². The summed E-state index contributed by atoms with van der Waals surface area (Å²) >= 11 is 1.24. The Bertz CT molecular complexity index is 390. The van der Waals surface area contributed by atoms with E-state index in [1.54, 1.807) is 0 Å². The molecule has 88 valence electrons. The third-order valence-corrected chi connectivity index (χ3v) is 2.63. The lowest BCUT2D eigenvalue weighted by Gasteiger charge is -2.28. The number of carbonyl (C=O) groups is 1. The molecule has 0 spiro atoms. The van der Waals surface area contributed by atoms with Crippen molar-refractivity contribution in [2.75, 3.05) is 0 Å². The zero-order valence-corrected chi connectivity index (χ0v) is 9.49. The second-order valence-electron chi connectivity index (χ2n) is 2.76. The lowest BCUT2D eigenvalue weighted by atomic mass is 10.1. The van der Waals surface area contributed by atoms with E-state index in [0.717, 1.165) is 12.3 Å². The number of nitroso groups, excluding NO2 is 1. The van der Waals surface area contributed by atoms with Gasteiger partial charge in [0.1, 0.15) is 5.83 Å². The molecule has 1 rings (SSSR count). The number of alkyl halides is 3. The highest BCUT2D eigenvalue weighted by atomic mass is 127. The van der Waals surface area contributed by atoms with Gasteiger partial charge in [-0.15, -0.1) is 4.91 Å². The van der Waals surface area contributed by atoms with Crippen LogP contribution in [0, 0.1) is 4.91 Å². The number of hydrogen-bond acceptors (Lipinski definition) is 3. The van der Waals surface area contributed by atoms with Gasteiger partial charge in [-0.3, -0.25) is 4.79 Å². The van der Waals surface area contributed by atoms with Crippen LogP contribution in [-0.4, -0.2) is 21.2 Å². The fraction of sp³-hybridized carbons (Fsp3) is 0.286. The molecule has 1 amide bonds. The predicted octanol–water partition coefficient (Wildman–Crippen LogP) is 2.61. The van der Waals surface area contributed by atoms with E-state index in [9.17, 15) is 27.3 Å². The number of hydrogen-bond donors (Lipinski definition) is 0. The van der Waals surface area contributed by atoms with Crippen molar-refractivity contribution < 1.29 is 22.4 Å². The molecule has 1 aliphatic rings. The van der Waals surface area contributed by atoms with Crippen LogP contribution in [-0.2, 0) is 4.79 Å². The molecule has 4 nitrogen and oxygen atoms in total. The summed E-state index contributed by atoms with van der Waals surface area (Å²) in [7, 11) is 0. The van der Waals surface area contributed by atoms with Crippen LogP contribution in [0.15, 0.2) is 28.9 Å². The Balaban J connectivity index is 3.21. The highest BCUT2D eigenvalue weighted by Gasteiger charge is 2.48. The first-order valence-electron chi connectivity index (χ1n) is 3.75. The molecule has 0 aromatic carbocycles. The van der Waals surface area contributed by atoms with Crippen LogP contribution in [0.25, 0.3) is 0 Å². The van der Waals surface area contributed by atoms with E-state index in [1.807, 2.05) is 5.18 Å². The van der Waals surface area contributed by atoms with E-state index in [1.165, 1.54) is 22.9 Å². The molecule has 0 N–H and O–H groups in total. The van der Waals surface area contributed by atoms with Crippen LogP contribution in [0.2, 0.25) is 0 Å². The maximum absolute atomic E-state index is 13.3. The molecule has 9 heteroatoms. The Morgan fingerprint density at radius 1 is 1.50 bits per heavy atom. The van der Waals surface area contributed by atoms with Crippen molar-refractivity contribution in [3.63, 3.8) is 0 Å². The van der Waals surface area contributed by atoms with Crippen LogP contribution in [0.5, 0.6) is 0 Å². The third-order valence-electron chi connectivity index (χ3n) is 1.75. The fourth-order valence-electron chi connectivity index (χ4n) is 1.07. The van der Waals surface area contributed by atoms with Crippen LogP contribution in [0.4, 0.5) is 17.6 Å². The first kappa shape index (κ1) is 13.1. The van der Waals surface area contributed by atoms with Crippen LogP contribution < -0.4 is 0 Å². The van der Waals surface area contributed by atoms with E-state index in [-0.39, 0.29) is 0 Å². The van der Waals surface area contributed by atoms with Crippen LogP contribution >= 0.6 is 22.9 Å². The molecule has 1 aliphatic heterocycles. The minimum Gasteiger partial charge on any atom is -0.303 e. The Hall–Kier alpha value is -1.00. The molecule has 1 atom stereocenters. The maximum Gasteiger partial charge on any atom is 0.416 e. The van der Waals surface area contributed by atoms with Crippen LogP contribution in [0.3, 0.4) is 0 Å². The molecule has 0 saturated heterocycles. The van der Waals surface area contributed by atoms with Gasteiger partial charge in [0.25, 0.3) is 0 Å². The summed E-state index contributed by atoms with van der Waals surface area (Å²) in [6.07, 6.45) is -3.27. The molecule has 1 heterocycles. The molecule has 0 aliphatic carbocycles. The van der Waals surface area contributed by atoms with Gasteiger partial charge < -0.3 is 3.11 Å². The second kappa shape index (κ2) is 4.47.